The van der Waals surface area contributed by atoms with Gasteiger partial charge in [-0.15, -0.1) is 0 Å². The van der Waals surface area contributed by atoms with Crippen LogP contribution < -0.4 is 11.3 Å². The number of aromatic nitrogens is 3. The Hall–Kier alpha value is -1.18. The lowest BCUT2D eigenvalue weighted by atomic mass is 10.5. The summed E-state index contributed by atoms with van der Waals surface area (Å²) in [5.74, 6) is 6.48. The summed E-state index contributed by atoms with van der Waals surface area (Å²) in [5.41, 5.74) is 3.32. The molecule has 0 aromatic carbocycles. The monoisotopic (exact) mass is 311 g/mol. The van der Waals surface area contributed by atoms with Crippen molar-refractivity contribution in [3.8, 4) is 0 Å². The first-order valence-electron chi connectivity index (χ1n) is 4.80. The number of nitrogen functional groups attached to an aromatic ring is 1. The van der Waals surface area contributed by atoms with E-state index >= 15 is 0 Å². The highest BCUT2D eigenvalue weighted by Crippen LogP contribution is 2.26. The summed E-state index contributed by atoms with van der Waals surface area (Å²) in [7, 11) is 0. The zero-order valence-corrected chi connectivity index (χ0v) is 11.2. The number of halogens is 1. The molecule has 0 unspecified atom stereocenters. The predicted octanol–water partition coefficient (Wildman–Crippen LogP) is 2.21. The van der Waals surface area contributed by atoms with E-state index in [0.717, 1.165) is 15.2 Å². The normalized spacial score (nSPS) is 10.2. The third-order valence-corrected chi connectivity index (χ3v) is 3.88. The number of nitrogens with zero attached hydrogens (tertiary/aromatic N) is 3. The first kappa shape index (κ1) is 12.3. The number of thioether (sulfide) groups is 1. The van der Waals surface area contributed by atoms with E-state index in [2.05, 4.69) is 36.3 Å². The Morgan fingerprint density at radius 3 is 2.82 bits per heavy atom. The van der Waals surface area contributed by atoms with Crippen molar-refractivity contribution in [1.29, 1.82) is 0 Å². The van der Waals surface area contributed by atoms with Crippen LogP contribution in [0.4, 0.5) is 5.82 Å². The van der Waals surface area contributed by atoms with Gasteiger partial charge in [0.2, 0.25) is 0 Å². The minimum Gasteiger partial charge on any atom is -0.307 e. The van der Waals surface area contributed by atoms with Crippen molar-refractivity contribution in [2.75, 3.05) is 5.43 Å². The number of nitrogens with one attached hydrogen (secondary N) is 1. The number of rotatable bonds is 4. The first-order valence-corrected chi connectivity index (χ1v) is 6.58. The maximum Gasteiger partial charge on any atom is 0.158 e. The molecule has 2 heterocycles. The molecular weight excluding hydrogens is 302 g/mol. The lowest BCUT2D eigenvalue weighted by Crippen LogP contribution is -2.08. The molecule has 0 saturated carbocycles. The second-order valence-electron chi connectivity index (χ2n) is 3.12. The van der Waals surface area contributed by atoms with Gasteiger partial charge in [0.05, 0.1) is 18.1 Å². The molecule has 0 atom stereocenters. The lowest BCUT2D eigenvalue weighted by Gasteiger charge is -2.03. The van der Waals surface area contributed by atoms with E-state index in [1.54, 1.807) is 30.4 Å². The van der Waals surface area contributed by atoms with Gasteiger partial charge in [0.1, 0.15) is 5.03 Å². The smallest absolute Gasteiger partial charge is 0.158 e. The fraction of sp³-hybridized carbons (Fsp3) is 0.100. The molecule has 0 saturated heterocycles. The lowest BCUT2D eigenvalue weighted by molar-refractivity contribution is 1.07. The van der Waals surface area contributed by atoms with Gasteiger partial charge in [-0.25, -0.2) is 15.8 Å². The Kier molecular flexibility index (Phi) is 4.29. The molecule has 2 aromatic rings. The zero-order valence-electron chi connectivity index (χ0n) is 8.80. The fourth-order valence-electron chi connectivity index (χ4n) is 1.12. The Bertz CT molecular complexity index is 490. The molecule has 0 fully saturated rings. The fourth-order valence-corrected chi connectivity index (χ4v) is 2.50. The summed E-state index contributed by atoms with van der Waals surface area (Å²) in [6, 6.07) is 3.85. The van der Waals surface area contributed by atoms with Crippen LogP contribution in [-0.4, -0.2) is 15.0 Å². The van der Waals surface area contributed by atoms with Gasteiger partial charge in [0.25, 0.3) is 0 Å². The molecule has 0 aliphatic carbocycles. The third kappa shape index (κ3) is 3.39. The Morgan fingerprint density at radius 1 is 1.29 bits per heavy atom. The van der Waals surface area contributed by atoms with Gasteiger partial charge in [-0.1, -0.05) is 11.8 Å². The largest absolute Gasteiger partial charge is 0.307 e. The quantitative estimate of drug-likeness (QED) is 0.512. The highest BCUT2D eigenvalue weighted by Gasteiger charge is 2.03. The molecule has 2 aromatic heterocycles. The van der Waals surface area contributed by atoms with Gasteiger partial charge in [-0.05, 0) is 28.1 Å². The van der Waals surface area contributed by atoms with Gasteiger partial charge < -0.3 is 5.43 Å². The molecule has 2 rings (SSSR count). The molecule has 7 heteroatoms. The van der Waals surface area contributed by atoms with Crippen molar-refractivity contribution in [3.63, 3.8) is 0 Å². The van der Waals surface area contributed by atoms with E-state index in [0.29, 0.717) is 11.6 Å². The summed E-state index contributed by atoms with van der Waals surface area (Å²) >= 11 is 5.05. The van der Waals surface area contributed by atoms with E-state index in [9.17, 15) is 0 Å². The molecular formula is C10H10BrN5S. The van der Waals surface area contributed by atoms with Crippen molar-refractivity contribution < 1.29 is 0 Å². The minimum absolute atomic E-state index is 0.553. The number of hydrogen-bond donors (Lipinski definition) is 2. The molecule has 88 valence electrons. The van der Waals surface area contributed by atoms with E-state index < -0.39 is 0 Å². The highest BCUT2D eigenvalue weighted by molar-refractivity contribution is 9.10. The molecule has 0 aliphatic rings. The highest BCUT2D eigenvalue weighted by atomic mass is 79.9. The van der Waals surface area contributed by atoms with Crippen LogP contribution in [0.3, 0.4) is 0 Å². The first-order chi connectivity index (χ1) is 8.29. The molecule has 0 aliphatic heterocycles. The molecule has 5 nitrogen and oxygen atoms in total. The Labute approximate surface area is 111 Å². The van der Waals surface area contributed by atoms with Gasteiger partial charge in [0, 0.05) is 16.4 Å². The second-order valence-corrected chi connectivity index (χ2v) is 4.93. The minimum atomic E-state index is 0.553. The summed E-state index contributed by atoms with van der Waals surface area (Å²) in [5, 5.41) is 0.940. The van der Waals surface area contributed by atoms with Crippen molar-refractivity contribution in [2.45, 2.75) is 10.8 Å². The maximum absolute atomic E-state index is 5.21. The Balaban J connectivity index is 2.00. The van der Waals surface area contributed by atoms with Gasteiger partial charge in [-0.3, -0.25) is 4.98 Å². The maximum atomic E-state index is 5.21. The van der Waals surface area contributed by atoms with Crippen molar-refractivity contribution >= 4 is 33.5 Å². The van der Waals surface area contributed by atoms with Crippen LogP contribution in [0.25, 0.3) is 0 Å². The number of pyridine rings is 1. The summed E-state index contributed by atoms with van der Waals surface area (Å²) in [6.45, 7) is 0. The van der Waals surface area contributed by atoms with Crippen LogP contribution in [0.5, 0.6) is 0 Å². The van der Waals surface area contributed by atoms with Crippen LogP contribution >= 0.6 is 27.7 Å². The van der Waals surface area contributed by atoms with Crippen molar-refractivity contribution in [1.82, 2.24) is 15.0 Å². The predicted molar refractivity (Wildman–Crippen MR) is 71.3 cm³/mol. The van der Waals surface area contributed by atoms with Crippen LogP contribution in [-0.2, 0) is 5.75 Å². The van der Waals surface area contributed by atoms with Crippen LogP contribution in [0.15, 0.2) is 40.2 Å². The van der Waals surface area contributed by atoms with Gasteiger partial charge in [0.15, 0.2) is 5.82 Å². The number of hydrogen-bond acceptors (Lipinski definition) is 6. The van der Waals surface area contributed by atoms with Crippen molar-refractivity contribution in [3.05, 3.63) is 40.9 Å². The number of hydrazine groups is 1. The average Bonchev–Trinajstić information content (AvgIpc) is 2.38. The molecule has 0 radical (unpaired) electrons. The molecule has 17 heavy (non-hydrogen) atoms. The summed E-state index contributed by atoms with van der Waals surface area (Å²) in [6.07, 6.45) is 5.06. The standard InChI is InChI=1S/C10H10BrN5S/c11-8-2-1-3-13-10(8)17-6-7-4-15-9(16-12)5-14-7/h1-5H,6,12H2,(H,15,16). The van der Waals surface area contributed by atoms with Crippen LogP contribution in [0.2, 0.25) is 0 Å². The zero-order chi connectivity index (χ0) is 12.1. The molecule has 3 N–H and O–H groups in total. The molecule has 0 amide bonds. The second kappa shape index (κ2) is 5.95. The van der Waals surface area contributed by atoms with Gasteiger partial charge >= 0.3 is 0 Å². The third-order valence-electron chi connectivity index (χ3n) is 1.93. The van der Waals surface area contributed by atoms with E-state index in [4.69, 9.17) is 5.84 Å². The van der Waals surface area contributed by atoms with Gasteiger partial charge in [-0.2, -0.15) is 0 Å². The molecule has 0 spiro atoms. The topological polar surface area (TPSA) is 76.7 Å². The van der Waals surface area contributed by atoms with E-state index in [1.165, 1.54) is 0 Å². The van der Waals surface area contributed by atoms with Crippen LogP contribution in [0.1, 0.15) is 5.69 Å². The van der Waals surface area contributed by atoms with E-state index in [1.807, 2.05) is 12.1 Å². The van der Waals surface area contributed by atoms with E-state index in [-0.39, 0.29) is 0 Å². The number of anilines is 1. The summed E-state index contributed by atoms with van der Waals surface area (Å²) < 4.78 is 0.984. The SMILES string of the molecule is NNc1cnc(CSc2ncccc2Br)cn1. The summed E-state index contributed by atoms with van der Waals surface area (Å²) in [4.78, 5) is 12.6. The number of nitrogens with two attached hydrogens (primary N) is 1. The molecule has 0 bridgehead atoms. The van der Waals surface area contributed by atoms with Crippen LogP contribution in [0, 0.1) is 0 Å². The average molecular weight is 312 g/mol. The van der Waals surface area contributed by atoms with Crippen molar-refractivity contribution in [2.24, 2.45) is 5.84 Å². The Morgan fingerprint density at radius 2 is 2.18 bits per heavy atom.